The van der Waals surface area contributed by atoms with Gasteiger partial charge in [0.1, 0.15) is 11.5 Å². The largest absolute Gasteiger partial charge is 0.445 e. The molecule has 16 heavy (non-hydrogen) atoms. The van der Waals surface area contributed by atoms with E-state index >= 15 is 0 Å². The van der Waals surface area contributed by atoms with E-state index in [4.69, 9.17) is 4.42 Å². The highest BCUT2D eigenvalue weighted by Crippen LogP contribution is 2.10. The van der Waals surface area contributed by atoms with Crippen molar-refractivity contribution < 1.29 is 9.21 Å². The molecule has 4 nitrogen and oxygen atoms in total. The molecule has 1 aromatic heterocycles. The quantitative estimate of drug-likeness (QED) is 0.756. The maximum absolute atomic E-state index is 10.9. The summed E-state index contributed by atoms with van der Waals surface area (Å²) >= 11 is 0. The second-order valence-corrected chi connectivity index (χ2v) is 4.40. The van der Waals surface area contributed by atoms with E-state index in [9.17, 15) is 4.79 Å². The molecule has 0 bridgehead atoms. The van der Waals surface area contributed by atoms with Crippen LogP contribution >= 0.6 is 0 Å². The van der Waals surface area contributed by atoms with Gasteiger partial charge in [0.05, 0.1) is 12.6 Å². The molecule has 2 heterocycles. The van der Waals surface area contributed by atoms with E-state index in [1.165, 1.54) is 25.9 Å². The van der Waals surface area contributed by atoms with E-state index in [1.807, 2.05) is 0 Å². The molecule has 0 N–H and O–H groups in total. The predicted molar refractivity (Wildman–Crippen MR) is 60.3 cm³/mol. The third-order valence-electron chi connectivity index (χ3n) is 2.87. The Labute approximate surface area is 95.6 Å². The number of hydrogen-bond donors (Lipinski definition) is 0. The van der Waals surface area contributed by atoms with E-state index in [0.29, 0.717) is 12.2 Å². The van der Waals surface area contributed by atoms with Crippen molar-refractivity contribution in [1.29, 1.82) is 0 Å². The van der Waals surface area contributed by atoms with Crippen LogP contribution in [0.3, 0.4) is 0 Å². The Balaban J connectivity index is 1.80. The molecule has 0 saturated carbocycles. The molecule has 4 heteroatoms. The van der Waals surface area contributed by atoms with Crippen molar-refractivity contribution in [1.82, 2.24) is 9.88 Å². The Morgan fingerprint density at radius 3 is 2.94 bits per heavy atom. The standard InChI is InChI=1S/C12H18N2O2/c1-10(15)8-11-9-13-12(16-11)4-7-14-5-2-3-6-14/h9H,2-8H2,1H3. The zero-order chi connectivity index (χ0) is 11.4. The number of rotatable bonds is 5. The molecule has 1 aromatic rings. The van der Waals surface area contributed by atoms with Gasteiger partial charge in [-0.1, -0.05) is 0 Å². The van der Waals surface area contributed by atoms with Gasteiger partial charge in [0.25, 0.3) is 0 Å². The fourth-order valence-electron chi connectivity index (χ4n) is 2.05. The Morgan fingerprint density at radius 1 is 1.50 bits per heavy atom. The van der Waals surface area contributed by atoms with Crippen molar-refractivity contribution in [2.45, 2.75) is 32.6 Å². The lowest BCUT2D eigenvalue weighted by atomic mass is 10.3. The van der Waals surface area contributed by atoms with E-state index in [2.05, 4.69) is 9.88 Å². The topological polar surface area (TPSA) is 46.3 Å². The summed E-state index contributed by atoms with van der Waals surface area (Å²) in [7, 11) is 0. The Morgan fingerprint density at radius 2 is 2.25 bits per heavy atom. The SMILES string of the molecule is CC(=O)Cc1cnc(CCN2CCCC2)o1. The normalized spacial score (nSPS) is 16.8. The Kier molecular flexibility index (Phi) is 3.72. The van der Waals surface area contributed by atoms with Crippen molar-refractivity contribution in [3.63, 3.8) is 0 Å². The van der Waals surface area contributed by atoms with Crippen molar-refractivity contribution in [3.05, 3.63) is 17.8 Å². The molecular formula is C12H18N2O2. The number of oxazole rings is 1. The molecule has 0 radical (unpaired) electrons. The van der Waals surface area contributed by atoms with Gasteiger partial charge >= 0.3 is 0 Å². The Hall–Kier alpha value is -1.16. The number of ketones is 1. The van der Waals surface area contributed by atoms with Crippen LogP contribution in [0.2, 0.25) is 0 Å². The van der Waals surface area contributed by atoms with Crippen LogP contribution in [0.25, 0.3) is 0 Å². The molecule has 1 fully saturated rings. The number of hydrogen-bond acceptors (Lipinski definition) is 4. The molecule has 1 aliphatic heterocycles. The molecule has 0 aromatic carbocycles. The summed E-state index contributed by atoms with van der Waals surface area (Å²) in [5.41, 5.74) is 0. The minimum absolute atomic E-state index is 0.113. The van der Waals surface area contributed by atoms with Gasteiger partial charge in [-0.05, 0) is 32.9 Å². The fourth-order valence-corrected chi connectivity index (χ4v) is 2.05. The zero-order valence-corrected chi connectivity index (χ0v) is 9.74. The van der Waals surface area contributed by atoms with Crippen molar-refractivity contribution >= 4 is 5.78 Å². The van der Waals surface area contributed by atoms with E-state index in [1.54, 1.807) is 13.1 Å². The summed E-state index contributed by atoms with van der Waals surface area (Å²) in [5, 5.41) is 0. The summed E-state index contributed by atoms with van der Waals surface area (Å²) in [6.45, 7) is 4.97. The first-order chi connectivity index (χ1) is 7.74. The van der Waals surface area contributed by atoms with Gasteiger partial charge in [-0.3, -0.25) is 4.79 Å². The molecule has 0 atom stereocenters. The molecule has 88 valence electrons. The van der Waals surface area contributed by atoms with Crippen LogP contribution in [0.5, 0.6) is 0 Å². The maximum Gasteiger partial charge on any atom is 0.195 e. The second kappa shape index (κ2) is 5.25. The van der Waals surface area contributed by atoms with Gasteiger partial charge in [0.2, 0.25) is 0 Å². The monoisotopic (exact) mass is 222 g/mol. The predicted octanol–water partition coefficient (Wildman–Crippen LogP) is 1.44. The number of carbonyl (C=O) groups is 1. The highest BCUT2D eigenvalue weighted by molar-refractivity contribution is 5.77. The van der Waals surface area contributed by atoms with Crippen LogP contribution in [0.1, 0.15) is 31.4 Å². The molecule has 0 spiro atoms. The molecular weight excluding hydrogens is 204 g/mol. The van der Waals surface area contributed by atoms with E-state index < -0.39 is 0 Å². The van der Waals surface area contributed by atoms with Crippen molar-refractivity contribution in [2.24, 2.45) is 0 Å². The third kappa shape index (κ3) is 3.17. The van der Waals surface area contributed by atoms with Crippen molar-refractivity contribution in [2.75, 3.05) is 19.6 Å². The second-order valence-electron chi connectivity index (χ2n) is 4.40. The molecule has 0 unspecified atom stereocenters. The lowest BCUT2D eigenvalue weighted by Gasteiger charge is -2.12. The van der Waals surface area contributed by atoms with E-state index in [0.717, 1.165) is 18.9 Å². The van der Waals surface area contributed by atoms with Crippen LogP contribution in [-0.4, -0.2) is 35.3 Å². The number of likely N-dealkylation sites (tertiary alicyclic amines) is 1. The first-order valence-electron chi connectivity index (χ1n) is 5.89. The van der Waals surface area contributed by atoms with Crippen LogP contribution in [0.15, 0.2) is 10.6 Å². The highest BCUT2D eigenvalue weighted by Gasteiger charge is 2.12. The molecule has 0 aliphatic carbocycles. The van der Waals surface area contributed by atoms with Gasteiger partial charge in [-0.25, -0.2) is 4.98 Å². The molecule has 1 saturated heterocycles. The minimum Gasteiger partial charge on any atom is -0.445 e. The van der Waals surface area contributed by atoms with Crippen LogP contribution in [0.4, 0.5) is 0 Å². The first kappa shape index (κ1) is 11.3. The van der Waals surface area contributed by atoms with Gasteiger partial charge in [0.15, 0.2) is 5.89 Å². The minimum atomic E-state index is 0.113. The number of nitrogens with zero attached hydrogens (tertiary/aromatic N) is 2. The zero-order valence-electron chi connectivity index (χ0n) is 9.74. The maximum atomic E-state index is 10.9. The van der Waals surface area contributed by atoms with Gasteiger partial charge in [-0.2, -0.15) is 0 Å². The highest BCUT2D eigenvalue weighted by atomic mass is 16.4. The number of carbonyl (C=O) groups excluding carboxylic acids is 1. The summed E-state index contributed by atoms with van der Waals surface area (Å²) in [6.07, 6.45) is 5.48. The smallest absolute Gasteiger partial charge is 0.195 e. The molecule has 0 amide bonds. The van der Waals surface area contributed by atoms with Crippen molar-refractivity contribution in [3.8, 4) is 0 Å². The van der Waals surface area contributed by atoms with Crippen LogP contribution in [-0.2, 0) is 17.6 Å². The van der Waals surface area contributed by atoms with E-state index in [-0.39, 0.29) is 5.78 Å². The summed E-state index contributed by atoms with van der Waals surface area (Å²) < 4.78 is 5.50. The molecule has 2 rings (SSSR count). The third-order valence-corrected chi connectivity index (χ3v) is 2.87. The summed E-state index contributed by atoms with van der Waals surface area (Å²) in [4.78, 5) is 17.5. The Bertz CT molecular complexity index is 354. The van der Waals surface area contributed by atoms with Gasteiger partial charge < -0.3 is 9.32 Å². The van der Waals surface area contributed by atoms with Crippen LogP contribution in [0, 0.1) is 0 Å². The fraction of sp³-hybridized carbons (Fsp3) is 0.667. The van der Waals surface area contributed by atoms with Crippen LogP contribution < -0.4 is 0 Å². The summed E-state index contributed by atoms with van der Waals surface area (Å²) in [5.74, 6) is 1.55. The molecule has 1 aliphatic rings. The summed E-state index contributed by atoms with van der Waals surface area (Å²) in [6, 6.07) is 0. The van der Waals surface area contributed by atoms with Gasteiger partial charge in [-0.15, -0.1) is 0 Å². The average molecular weight is 222 g/mol. The number of aromatic nitrogens is 1. The lowest BCUT2D eigenvalue weighted by molar-refractivity contribution is -0.116. The first-order valence-corrected chi connectivity index (χ1v) is 5.89. The lowest BCUT2D eigenvalue weighted by Crippen LogP contribution is -2.21. The average Bonchev–Trinajstić information content (AvgIpc) is 2.84. The van der Waals surface area contributed by atoms with Gasteiger partial charge in [0, 0.05) is 13.0 Å². The number of Topliss-reactive ketones (excluding diaryl/α,β-unsaturated/α-hetero) is 1.